The van der Waals surface area contributed by atoms with Gasteiger partial charge in [-0.05, 0) is 18.6 Å². The van der Waals surface area contributed by atoms with Crippen molar-refractivity contribution in [3.05, 3.63) is 29.8 Å². The van der Waals surface area contributed by atoms with Gasteiger partial charge in [0.1, 0.15) is 0 Å². The lowest BCUT2D eigenvalue weighted by Gasteiger charge is -1.95. The molecule has 0 atom stereocenters. The van der Waals surface area contributed by atoms with Crippen LogP contribution in [0.25, 0.3) is 0 Å². The quantitative estimate of drug-likeness (QED) is 0.439. The van der Waals surface area contributed by atoms with Crippen LogP contribution >= 0.6 is 0 Å². The molecule has 0 radical (unpaired) electrons. The van der Waals surface area contributed by atoms with Gasteiger partial charge in [0, 0.05) is 17.7 Å². The van der Waals surface area contributed by atoms with E-state index in [1.807, 2.05) is 24.3 Å². The van der Waals surface area contributed by atoms with E-state index >= 15 is 0 Å². The molecular weight excluding hydrogens is 170 g/mol. The van der Waals surface area contributed by atoms with Gasteiger partial charge in [-0.25, -0.2) is 0 Å². The molecule has 0 bridgehead atoms. The van der Waals surface area contributed by atoms with Crippen molar-refractivity contribution in [2.24, 2.45) is 0 Å². The van der Waals surface area contributed by atoms with Gasteiger partial charge in [-0.3, -0.25) is 0 Å². The van der Waals surface area contributed by atoms with Gasteiger partial charge >= 0.3 is 0 Å². The van der Waals surface area contributed by atoms with Crippen LogP contribution in [-0.4, -0.2) is 0 Å². The molecule has 0 saturated carbocycles. The summed E-state index contributed by atoms with van der Waals surface area (Å²) in [6.45, 7) is 2.20. The van der Waals surface area contributed by atoms with Gasteiger partial charge in [-0.1, -0.05) is 43.7 Å². The Hall–Kier alpha value is -1.42. The fraction of sp³-hybridized carbons (Fsp3) is 0.385. The molecule has 0 fully saturated rings. The van der Waals surface area contributed by atoms with Crippen LogP contribution in [-0.2, 0) is 0 Å². The smallest absolute Gasteiger partial charge is 0.0474 e. The highest BCUT2D eigenvalue weighted by Gasteiger charge is 1.90. The summed E-state index contributed by atoms with van der Waals surface area (Å²) in [6, 6.07) is 7.74. The number of nitrogen functional groups attached to an aromatic ring is 1. The van der Waals surface area contributed by atoms with E-state index in [1.165, 1.54) is 19.3 Å². The Labute approximate surface area is 86.3 Å². The highest BCUT2D eigenvalue weighted by atomic mass is 14.5. The third-order valence-corrected chi connectivity index (χ3v) is 2.09. The zero-order chi connectivity index (χ0) is 10.2. The lowest BCUT2D eigenvalue weighted by atomic mass is 10.1. The van der Waals surface area contributed by atoms with E-state index in [2.05, 4.69) is 18.8 Å². The third-order valence-electron chi connectivity index (χ3n) is 2.09. The Balaban J connectivity index is 2.47. The van der Waals surface area contributed by atoms with Gasteiger partial charge in [0.05, 0.1) is 0 Å². The molecule has 1 rings (SSSR count). The molecule has 1 aromatic carbocycles. The van der Waals surface area contributed by atoms with Crippen molar-refractivity contribution in [2.75, 3.05) is 5.73 Å². The Bertz CT molecular complexity index is 331. The predicted octanol–water partition coefficient (Wildman–Crippen LogP) is 3.20. The van der Waals surface area contributed by atoms with Crippen LogP contribution in [0, 0.1) is 11.8 Å². The number of hydrogen-bond acceptors (Lipinski definition) is 1. The molecule has 0 aliphatic carbocycles. The molecule has 0 amide bonds. The Morgan fingerprint density at radius 2 is 2.00 bits per heavy atom. The van der Waals surface area contributed by atoms with Gasteiger partial charge in [0.25, 0.3) is 0 Å². The summed E-state index contributed by atoms with van der Waals surface area (Å²) in [6.07, 6.45) is 4.67. The maximum absolute atomic E-state index is 5.76. The molecule has 0 heterocycles. The largest absolute Gasteiger partial charge is 0.398 e. The number of benzene rings is 1. The average molecular weight is 187 g/mol. The SMILES string of the molecule is CCCCCC#Cc1ccccc1N. The monoisotopic (exact) mass is 187 g/mol. The van der Waals surface area contributed by atoms with Crippen molar-refractivity contribution in [2.45, 2.75) is 32.6 Å². The van der Waals surface area contributed by atoms with Crippen LogP contribution in [0.2, 0.25) is 0 Å². The maximum atomic E-state index is 5.76. The highest BCUT2D eigenvalue weighted by molar-refractivity contribution is 5.55. The minimum Gasteiger partial charge on any atom is -0.398 e. The van der Waals surface area contributed by atoms with Crippen LogP contribution in [0.1, 0.15) is 38.2 Å². The maximum Gasteiger partial charge on any atom is 0.0474 e. The van der Waals surface area contributed by atoms with E-state index < -0.39 is 0 Å². The van der Waals surface area contributed by atoms with Gasteiger partial charge in [0.2, 0.25) is 0 Å². The summed E-state index contributed by atoms with van der Waals surface area (Å²) in [5.41, 5.74) is 7.48. The summed E-state index contributed by atoms with van der Waals surface area (Å²) < 4.78 is 0. The molecule has 1 aromatic rings. The number of para-hydroxylation sites is 1. The van der Waals surface area contributed by atoms with Crippen molar-refractivity contribution in [3.8, 4) is 11.8 Å². The summed E-state index contributed by atoms with van der Waals surface area (Å²) >= 11 is 0. The molecule has 74 valence electrons. The summed E-state index contributed by atoms with van der Waals surface area (Å²) in [4.78, 5) is 0. The molecule has 0 unspecified atom stereocenters. The lowest BCUT2D eigenvalue weighted by molar-refractivity contribution is 0.737. The first-order valence-electron chi connectivity index (χ1n) is 5.18. The van der Waals surface area contributed by atoms with Crippen molar-refractivity contribution in [3.63, 3.8) is 0 Å². The molecule has 1 heteroatoms. The summed E-state index contributed by atoms with van der Waals surface area (Å²) in [7, 11) is 0. The van der Waals surface area contributed by atoms with E-state index in [9.17, 15) is 0 Å². The average Bonchev–Trinajstić information content (AvgIpc) is 2.20. The standard InChI is InChI=1S/C13H17N/c1-2-3-4-5-6-9-12-10-7-8-11-13(12)14/h7-8,10-11H,2-5,14H2,1H3. The minimum atomic E-state index is 0.774. The molecule has 2 N–H and O–H groups in total. The number of rotatable bonds is 3. The van der Waals surface area contributed by atoms with Gasteiger partial charge in [0.15, 0.2) is 0 Å². The topological polar surface area (TPSA) is 26.0 Å². The molecule has 1 nitrogen and oxygen atoms in total. The minimum absolute atomic E-state index is 0.774. The lowest BCUT2D eigenvalue weighted by Crippen LogP contribution is -1.88. The fourth-order valence-corrected chi connectivity index (χ4v) is 1.23. The van der Waals surface area contributed by atoms with E-state index in [0.717, 1.165) is 17.7 Å². The predicted molar refractivity (Wildman–Crippen MR) is 61.9 cm³/mol. The molecule has 0 aromatic heterocycles. The van der Waals surface area contributed by atoms with Crippen LogP contribution < -0.4 is 5.73 Å². The van der Waals surface area contributed by atoms with Crippen molar-refractivity contribution in [1.29, 1.82) is 0 Å². The van der Waals surface area contributed by atoms with Crippen LogP contribution in [0.5, 0.6) is 0 Å². The first-order valence-corrected chi connectivity index (χ1v) is 5.18. The number of hydrogen-bond donors (Lipinski definition) is 1. The van der Waals surface area contributed by atoms with E-state index in [0.29, 0.717) is 0 Å². The molecule has 14 heavy (non-hydrogen) atoms. The van der Waals surface area contributed by atoms with Crippen LogP contribution in [0.4, 0.5) is 5.69 Å². The molecule has 0 saturated heterocycles. The zero-order valence-corrected chi connectivity index (χ0v) is 8.72. The van der Waals surface area contributed by atoms with E-state index in [-0.39, 0.29) is 0 Å². The normalized spacial score (nSPS) is 9.21. The molecule has 0 aliphatic heterocycles. The molecule has 0 aliphatic rings. The summed E-state index contributed by atoms with van der Waals surface area (Å²) in [5, 5.41) is 0. The fourth-order valence-electron chi connectivity index (χ4n) is 1.23. The van der Waals surface area contributed by atoms with Gasteiger partial charge < -0.3 is 5.73 Å². The molecular formula is C13H17N. The van der Waals surface area contributed by atoms with Gasteiger partial charge in [-0.2, -0.15) is 0 Å². The Kier molecular flexibility index (Phi) is 4.64. The zero-order valence-electron chi connectivity index (χ0n) is 8.72. The third kappa shape index (κ3) is 3.53. The molecule has 0 spiro atoms. The Morgan fingerprint density at radius 3 is 2.71 bits per heavy atom. The van der Waals surface area contributed by atoms with Gasteiger partial charge in [-0.15, -0.1) is 0 Å². The first kappa shape index (κ1) is 10.7. The summed E-state index contributed by atoms with van der Waals surface area (Å²) in [5.74, 6) is 6.24. The second kappa shape index (κ2) is 6.10. The second-order valence-electron chi connectivity index (χ2n) is 3.35. The highest BCUT2D eigenvalue weighted by Crippen LogP contribution is 2.08. The van der Waals surface area contributed by atoms with Crippen LogP contribution in [0.3, 0.4) is 0 Å². The first-order chi connectivity index (χ1) is 6.84. The number of nitrogens with two attached hydrogens (primary N) is 1. The number of unbranched alkanes of at least 4 members (excludes halogenated alkanes) is 3. The van der Waals surface area contributed by atoms with Crippen molar-refractivity contribution in [1.82, 2.24) is 0 Å². The Morgan fingerprint density at radius 1 is 1.21 bits per heavy atom. The van der Waals surface area contributed by atoms with Crippen LogP contribution in [0.15, 0.2) is 24.3 Å². The van der Waals surface area contributed by atoms with Crippen molar-refractivity contribution < 1.29 is 0 Å². The van der Waals surface area contributed by atoms with E-state index in [1.54, 1.807) is 0 Å². The second-order valence-corrected chi connectivity index (χ2v) is 3.35. The van der Waals surface area contributed by atoms with E-state index in [4.69, 9.17) is 5.73 Å². The van der Waals surface area contributed by atoms with Crippen molar-refractivity contribution >= 4 is 5.69 Å². The number of anilines is 1.